The summed E-state index contributed by atoms with van der Waals surface area (Å²) >= 11 is 0. The van der Waals surface area contributed by atoms with Gasteiger partial charge in [-0.1, -0.05) is 19.8 Å². The second-order valence-corrected chi connectivity index (χ2v) is 5.23. The van der Waals surface area contributed by atoms with Gasteiger partial charge in [-0.3, -0.25) is 0 Å². The molecule has 0 aromatic carbocycles. The van der Waals surface area contributed by atoms with Crippen LogP contribution in [-0.4, -0.2) is 23.9 Å². The molecule has 1 saturated carbocycles. The average molecular weight is 209 g/mol. The number of aliphatic hydroxyl groups is 1. The number of nitrogens with zero attached hydrogens (tertiary/aromatic N) is 1. The minimum atomic E-state index is -0.892. The van der Waals surface area contributed by atoms with Crippen molar-refractivity contribution in [3.63, 3.8) is 0 Å². The zero-order valence-electron chi connectivity index (χ0n) is 9.33. The first-order valence-electron chi connectivity index (χ1n) is 5.83. The average Bonchev–Trinajstić information content (AvgIpc) is 2.66. The normalized spacial score (nSPS) is 46.3. The van der Waals surface area contributed by atoms with Crippen LogP contribution in [0, 0.1) is 22.7 Å². The van der Waals surface area contributed by atoms with Gasteiger partial charge in [-0.2, -0.15) is 5.26 Å². The highest BCUT2D eigenvalue weighted by molar-refractivity contribution is 5.14. The molecular weight excluding hydrogens is 190 g/mol. The Morgan fingerprint density at radius 2 is 2.27 bits per heavy atom. The third kappa shape index (κ3) is 1.66. The van der Waals surface area contributed by atoms with Crippen molar-refractivity contribution in [3.8, 4) is 6.07 Å². The van der Waals surface area contributed by atoms with Crippen LogP contribution in [-0.2, 0) is 4.74 Å². The molecule has 3 unspecified atom stereocenters. The van der Waals surface area contributed by atoms with E-state index in [-0.39, 0.29) is 0 Å². The first kappa shape index (κ1) is 10.9. The summed E-state index contributed by atoms with van der Waals surface area (Å²) in [5.74, 6) is 0.544. The smallest absolute Gasteiger partial charge is 0.109 e. The zero-order valence-corrected chi connectivity index (χ0v) is 9.33. The highest BCUT2D eigenvalue weighted by atomic mass is 16.5. The fraction of sp³-hybridized carbons (Fsp3) is 0.917. The molecule has 3 nitrogen and oxygen atoms in total. The van der Waals surface area contributed by atoms with Crippen LogP contribution in [0.15, 0.2) is 0 Å². The first-order valence-corrected chi connectivity index (χ1v) is 5.83. The van der Waals surface area contributed by atoms with E-state index in [2.05, 4.69) is 13.0 Å². The lowest BCUT2D eigenvalue weighted by Crippen LogP contribution is -2.50. The summed E-state index contributed by atoms with van der Waals surface area (Å²) < 4.78 is 5.27. The van der Waals surface area contributed by atoms with Gasteiger partial charge in [0.1, 0.15) is 5.60 Å². The van der Waals surface area contributed by atoms with Crippen molar-refractivity contribution in [1.82, 2.24) is 0 Å². The highest BCUT2D eigenvalue weighted by Crippen LogP contribution is 2.49. The zero-order chi connectivity index (χ0) is 10.9. The molecule has 1 saturated heterocycles. The molecule has 0 aromatic rings. The molecule has 0 aromatic heterocycles. The van der Waals surface area contributed by atoms with Gasteiger partial charge in [-0.25, -0.2) is 0 Å². The Labute approximate surface area is 91.0 Å². The molecule has 0 amide bonds. The summed E-state index contributed by atoms with van der Waals surface area (Å²) in [5.41, 5.74) is -1.45. The molecule has 3 atom stereocenters. The van der Waals surface area contributed by atoms with Gasteiger partial charge in [0.05, 0.1) is 18.1 Å². The minimum Gasteiger partial charge on any atom is -0.386 e. The fourth-order valence-corrected chi connectivity index (χ4v) is 3.11. The van der Waals surface area contributed by atoms with E-state index in [1.165, 1.54) is 6.42 Å². The van der Waals surface area contributed by atoms with Gasteiger partial charge in [0.25, 0.3) is 0 Å². The van der Waals surface area contributed by atoms with Crippen LogP contribution in [0.5, 0.6) is 0 Å². The van der Waals surface area contributed by atoms with E-state index in [4.69, 9.17) is 4.74 Å². The van der Waals surface area contributed by atoms with Crippen LogP contribution >= 0.6 is 0 Å². The highest BCUT2D eigenvalue weighted by Gasteiger charge is 2.54. The van der Waals surface area contributed by atoms with Crippen molar-refractivity contribution in [2.24, 2.45) is 11.3 Å². The van der Waals surface area contributed by atoms with Gasteiger partial charge in [-0.05, 0) is 18.8 Å². The van der Waals surface area contributed by atoms with Gasteiger partial charge in [-0.15, -0.1) is 0 Å². The summed E-state index contributed by atoms with van der Waals surface area (Å²) in [7, 11) is 0. The summed E-state index contributed by atoms with van der Waals surface area (Å²) in [4.78, 5) is 0. The summed E-state index contributed by atoms with van der Waals surface area (Å²) in [6, 6.07) is 2.40. The third-order valence-electron chi connectivity index (χ3n) is 4.10. The number of nitriles is 1. The van der Waals surface area contributed by atoms with Gasteiger partial charge < -0.3 is 9.84 Å². The Morgan fingerprint density at radius 1 is 1.47 bits per heavy atom. The van der Waals surface area contributed by atoms with Crippen LogP contribution < -0.4 is 0 Å². The summed E-state index contributed by atoms with van der Waals surface area (Å²) in [6.07, 6.45) is 4.50. The Kier molecular flexibility index (Phi) is 2.74. The maximum atomic E-state index is 10.5. The molecule has 0 radical (unpaired) electrons. The molecule has 2 aliphatic rings. The quantitative estimate of drug-likeness (QED) is 0.717. The summed E-state index contributed by atoms with van der Waals surface area (Å²) in [6.45, 7) is 3.10. The van der Waals surface area contributed by atoms with E-state index in [0.717, 1.165) is 19.3 Å². The fourth-order valence-electron chi connectivity index (χ4n) is 3.11. The number of hydrogen-bond donors (Lipinski definition) is 1. The van der Waals surface area contributed by atoms with Crippen LogP contribution in [0.3, 0.4) is 0 Å². The Bertz CT molecular complexity index is 278. The van der Waals surface area contributed by atoms with Crippen molar-refractivity contribution in [3.05, 3.63) is 0 Å². The predicted molar refractivity (Wildman–Crippen MR) is 56.1 cm³/mol. The van der Waals surface area contributed by atoms with Gasteiger partial charge >= 0.3 is 0 Å². The minimum absolute atomic E-state index is 0.341. The molecule has 84 valence electrons. The molecule has 1 heterocycles. The van der Waals surface area contributed by atoms with Crippen LogP contribution in [0.25, 0.3) is 0 Å². The number of hydrogen-bond acceptors (Lipinski definition) is 3. The Hall–Kier alpha value is -0.590. The van der Waals surface area contributed by atoms with E-state index in [9.17, 15) is 10.4 Å². The molecule has 15 heavy (non-hydrogen) atoms. The Balaban J connectivity index is 2.24. The second kappa shape index (κ2) is 3.77. The largest absolute Gasteiger partial charge is 0.386 e. The van der Waals surface area contributed by atoms with Crippen molar-refractivity contribution < 1.29 is 9.84 Å². The first-order chi connectivity index (χ1) is 7.12. The van der Waals surface area contributed by atoms with Crippen molar-refractivity contribution in [1.29, 1.82) is 5.26 Å². The molecule has 3 heteroatoms. The van der Waals surface area contributed by atoms with E-state index in [0.29, 0.717) is 25.6 Å². The lowest BCUT2D eigenvalue weighted by molar-refractivity contribution is -0.0818. The van der Waals surface area contributed by atoms with E-state index in [1.807, 2.05) is 0 Å². The monoisotopic (exact) mass is 209 g/mol. The molecule has 2 fully saturated rings. The SMILES string of the molecule is CC1CCCC(C#N)(C2(O)CCOC2)C1. The second-order valence-electron chi connectivity index (χ2n) is 5.23. The van der Waals surface area contributed by atoms with Gasteiger partial charge in [0, 0.05) is 13.0 Å². The topological polar surface area (TPSA) is 53.2 Å². The lowest BCUT2D eigenvalue weighted by atomic mass is 9.61. The molecular formula is C12H19NO2. The van der Waals surface area contributed by atoms with Crippen LogP contribution in [0.1, 0.15) is 39.0 Å². The molecule has 2 rings (SSSR count). The van der Waals surface area contributed by atoms with E-state index >= 15 is 0 Å². The van der Waals surface area contributed by atoms with E-state index < -0.39 is 11.0 Å². The van der Waals surface area contributed by atoms with Crippen molar-refractivity contribution >= 4 is 0 Å². The van der Waals surface area contributed by atoms with Crippen molar-refractivity contribution in [2.75, 3.05) is 13.2 Å². The molecule has 0 bridgehead atoms. The van der Waals surface area contributed by atoms with Crippen LogP contribution in [0.2, 0.25) is 0 Å². The standard InChI is InChI=1S/C12H19NO2/c1-10-3-2-4-11(7-10,8-13)12(14)5-6-15-9-12/h10,14H,2-7,9H2,1H3. The molecule has 1 aliphatic carbocycles. The predicted octanol–water partition coefficient (Wildman–Crippen LogP) is 1.86. The van der Waals surface area contributed by atoms with Gasteiger partial charge in [0.2, 0.25) is 0 Å². The molecule has 0 spiro atoms. The molecule has 1 aliphatic heterocycles. The number of ether oxygens (including phenoxy) is 1. The Morgan fingerprint density at radius 3 is 2.80 bits per heavy atom. The lowest BCUT2D eigenvalue weighted by Gasteiger charge is -2.43. The third-order valence-corrected chi connectivity index (χ3v) is 4.10. The maximum absolute atomic E-state index is 10.5. The van der Waals surface area contributed by atoms with Gasteiger partial charge in [0.15, 0.2) is 0 Å². The molecule has 1 N–H and O–H groups in total. The van der Waals surface area contributed by atoms with Crippen LogP contribution in [0.4, 0.5) is 0 Å². The summed E-state index contributed by atoms with van der Waals surface area (Å²) in [5, 5.41) is 20.0. The number of rotatable bonds is 1. The maximum Gasteiger partial charge on any atom is 0.109 e. The van der Waals surface area contributed by atoms with Crippen molar-refractivity contribution in [2.45, 2.75) is 44.6 Å². The van der Waals surface area contributed by atoms with E-state index in [1.54, 1.807) is 0 Å².